The van der Waals surface area contributed by atoms with Crippen molar-refractivity contribution in [2.75, 3.05) is 5.73 Å². The third kappa shape index (κ3) is 3.12. The summed E-state index contributed by atoms with van der Waals surface area (Å²) in [6.07, 6.45) is 0. The number of benzene rings is 2. The zero-order chi connectivity index (χ0) is 14.7. The molecule has 0 radical (unpaired) electrons. The Morgan fingerprint density at radius 2 is 1.85 bits per heavy atom. The lowest BCUT2D eigenvalue weighted by Crippen LogP contribution is -2.00. The average molecular weight is 331 g/mol. The van der Waals surface area contributed by atoms with Gasteiger partial charge in [-0.05, 0) is 70.7 Å². The van der Waals surface area contributed by atoms with Crippen molar-refractivity contribution in [2.24, 2.45) is 0 Å². The molecule has 102 valence electrons. The van der Waals surface area contributed by atoms with Crippen LogP contribution in [-0.4, -0.2) is 0 Å². The molecule has 0 aliphatic heterocycles. The number of anilines is 1. The highest BCUT2D eigenvalue weighted by Gasteiger charge is 2.07. The standard InChI is InChI=1S/C16H15BrN2O/c1-10-5-13(8-18)6-11(2)16(10)20-9-12-3-4-14(17)15(19)7-12/h3-7H,9,19H2,1-2H3. The third-order valence-corrected chi connectivity index (χ3v) is 3.76. The van der Waals surface area contributed by atoms with Crippen LogP contribution in [-0.2, 0) is 6.61 Å². The average Bonchev–Trinajstić information content (AvgIpc) is 2.41. The van der Waals surface area contributed by atoms with Crippen molar-refractivity contribution in [3.05, 3.63) is 57.1 Å². The van der Waals surface area contributed by atoms with Gasteiger partial charge in [0.25, 0.3) is 0 Å². The van der Waals surface area contributed by atoms with Crippen LogP contribution in [0.5, 0.6) is 5.75 Å². The fraction of sp³-hybridized carbons (Fsp3) is 0.188. The van der Waals surface area contributed by atoms with Crippen LogP contribution in [0.3, 0.4) is 0 Å². The second-order valence-corrected chi connectivity index (χ2v) is 5.55. The molecule has 2 rings (SSSR count). The van der Waals surface area contributed by atoms with E-state index in [1.165, 1.54) is 0 Å². The molecule has 20 heavy (non-hydrogen) atoms. The Bertz CT molecular complexity index is 666. The quantitative estimate of drug-likeness (QED) is 0.862. The Labute approximate surface area is 127 Å². The van der Waals surface area contributed by atoms with E-state index in [-0.39, 0.29) is 0 Å². The van der Waals surface area contributed by atoms with Crippen LogP contribution in [0.1, 0.15) is 22.3 Å². The van der Waals surface area contributed by atoms with E-state index in [9.17, 15) is 0 Å². The lowest BCUT2D eigenvalue weighted by Gasteiger charge is -2.13. The minimum absolute atomic E-state index is 0.449. The van der Waals surface area contributed by atoms with E-state index in [1.54, 1.807) is 0 Å². The molecule has 2 aromatic carbocycles. The Kier molecular flexibility index (Phi) is 4.31. The smallest absolute Gasteiger partial charge is 0.125 e. The summed E-state index contributed by atoms with van der Waals surface area (Å²) < 4.78 is 6.75. The van der Waals surface area contributed by atoms with Gasteiger partial charge in [0, 0.05) is 10.2 Å². The van der Waals surface area contributed by atoms with Crippen LogP contribution in [0.2, 0.25) is 0 Å². The van der Waals surface area contributed by atoms with Crippen LogP contribution in [0.15, 0.2) is 34.8 Å². The van der Waals surface area contributed by atoms with Crippen LogP contribution in [0, 0.1) is 25.2 Å². The van der Waals surface area contributed by atoms with E-state index in [2.05, 4.69) is 22.0 Å². The van der Waals surface area contributed by atoms with Crippen molar-refractivity contribution < 1.29 is 4.74 Å². The molecule has 0 fully saturated rings. The van der Waals surface area contributed by atoms with Gasteiger partial charge >= 0.3 is 0 Å². The van der Waals surface area contributed by atoms with Crippen LogP contribution in [0.25, 0.3) is 0 Å². The van der Waals surface area contributed by atoms with Gasteiger partial charge in [-0.25, -0.2) is 0 Å². The summed E-state index contributed by atoms with van der Waals surface area (Å²) >= 11 is 3.37. The van der Waals surface area contributed by atoms with Gasteiger partial charge in [-0.2, -0.15) is 5.26 Å². The first kappa shape index (κ1) is 14.4. The summed E-state index contributed by atoms with van der Waals surface area (Å²) in [6.45, 7) is 4.34. The topological polar surface area (TPSA) is 59.0 Å². The Hall–Kier alpha value is -1.99. The van der Waals surface area contributed by atoms with E-state index >= 15 is 0 Å². The molecule has 0 spiro atoms. The molecular weight excluding hydrogens is 316 g/mol. The fourth-order valence-electron chi connectivity index (χ4n) is 2.08. The van der Waals surface area contributed by atoms with E-state index in [0.717, 1.165) is 26.9 Å². The van der Waals surface area contributed by atoms with E-state index in [4.69, 9.17) is 15.7 Å². The molecular formula is C16H15BrN2O. The molecule has 3 nitrogen and oxygen atoms in total. The summed E-state index contributed by atoms with van der Waals surface area (Å²) in [6, 6.07) is 11.6. The van der Waals surface area contributed by atoms with Crippen molar-refractivity contribution in [1.29, 1.82) is 5.26 Å². The number of hydrogen-bond donors (Lipinski definition) is 1. The zero-order valence-corrected chi connectivity index (χ0v) is 13.0. The van der Waals surface area contributed by atoms with Gasteiger partial charge in [-0.1, -0.05) is 6.07 Å². The molecule has 0 bridgehead atoms. The summed E-state index contributed by atoms with van der Waals surface area (Å²) in [5.41, 5.74) is 10.1. The van der Waals surface area contributed by atoms with E-state index < -0.39 is 0 Å². The number of ether oxygens (including phenoxy) is 1. The highest BCUT2D eigenvalue weighted by molar-refractivity contribution is 9.10. The van der Waals surface area contributed by atoms with Gasteiger partial charge in [-0.3, -0.25) is 0 Å². The number of hydrogen-bond acceptors (Lipinski definition) is 3. The predicted octanol–water partition coefficient (Wildman–Crippen LogP) is 4.10. The zero-order valence-electron chi connectivity index (χ0n) is 11.4. The maximum absolute atomic E-state index is 8.93. The number of nitrogens with zero attached hydrogens (tertiary/aromatic N) is 1. The van der Waals surface area contributed by atoms with E-state index in [1.807, 2.05) is 44.2 Å². The van der Waals surface area contributed by atoms with Crippen molar-refractivity contribution in [3.8, 4) is 11.8 Å². The van der Waals surface area contributed by atoms with E-state index in [0.29, 0.717) is 17.9 Å². The summed E-state index contributed by atoms with van der Waals surface area (Å²) in [7, 11) is 0. The first-order chi connectivity index (χ1) is 9.51. The van der Waals surface area contributed by atoms with Gasteiger partial charge in [0.05, 0.1) is 11.6 Å². The van der Waals surface area contributed by atoms with Gasteiger partial charge in [0.1, 0.15) is 12.4 Å². The minimum atomic E-state index is 0.449. The summed E-state index contributed by atoms with van der Waals surface area (Å²) in [5.74, 6) is 0.825. The molecule has 0 atom stereocenters. The molecule has 2 aromatic rings. The SMILES string of the molecule is Cc1cc(C#N)cc(C)c1OCc1ccc(Br)c(N)c1. The van der Waals surface area contributed by atoms with Gasteiger partial charge < -0.3 is 10.5 Å². The van der Waals surface area contributed by atoms with Crippen LogP contribution in [0.4, 0.5) is 5.69 Å². The molecule has 0 heterocycles. The van der Waals surface area contributed by atoms with Gasteiger partial charge in [-0.15, -0.1) is 0 Å². The number of nitriles is 1. The number of aryl methyl sites for hydroxylation is 2. The van der Waals surface area contributed by atoms with Crippen LogP contribution < -0.4 is 10.5 Å². The normalized spacial score (nSPS) is 10.1. The Morgan fingerprint density at radius 1 is 1.20 bits per heavy atom. The van der Waals surface area contributed by atoms with Crippen molar-refractivity contribution >= 4 is 21.6 Å². The van der Waals surface area contributed by atoms with Gasteiger partial charge in [0.15, 0.2) is 0 Å². The number of halogens is 1. The number of nitrogen functional groups attached to an aromatic ring is 1. The maximum Gasteiger partial charge on any atom is 0.125 e. The van der Waals surface area contributed by atoms with Crippen molar-refractivity contribution in [3.63, 3.8) is 0 Å². The van der Waals surface area contributed by atoms with Crippen molar-refractivity contribution in [2.45, 2.75) is 20.5 Å². The predicted molar refractivity (Wildman–Crippen MR) is 83.5 cm³/mol. The highest BCUT2D eigenvalue weighted by Crippen LogP contribution is 2.26. The molecule has 0 unspecified atom stereocenters. The summed E-state index contributed by atoms with van der Waals surface area (Å²) in [5, 5.41) is 8.93. The highest BCUT2D eigenvalue weighted by atomic mass is 79.9. The Balaban J connectivity index is 2.19. The third-order valence-electron chi connectivity index (χ3n) is 3.03. The lowest BCUT2D eigenvalue weighted by atomic mass is 10.1. The van der Waals surface area contributed by atoms with Crippen LogP contribution >= 0.6 is 15.9 Å². The largest absolute Gasteiger partial charge is 0.488 e. The lowest BCUT2D eigenvalue weighted by molar-refractivity contribution is 0.302. The molecule has 2 N–H and O–H groups in total. The number of rotatable bonds is 3. The fourth-order valence-corrected chi connectivity index (χ4v) is 2.33. The second kappa shape index (κ2) is 5.98. The molecule has 0 saturated carbocycles. The molecule has 0 amide bonds. The first-order valence-electron chi connectivity index (χ1n) is 6.19. The monoisotopic (exact) mass is 330 g/mol. The maximum atomic E-state index is 8.93. The molecule has 0 aliphatic carbocycles. The first-order valence-corrected chi connectivity index (χ1v) is 6.98. The second-order valence-electron chi connectivity index (χ2n) is 4.70. The molecule has 0 saturated heterocycles. The molecule has 4 heteroatoms. The molecule has 0 aromatic heterocycles. The summed E-state index contributed by atoms with van der Waals surface area (Å²) in [4.78, 5) is 0. The molecule has 0 aliphatic rings. The van der Waals surface area contributed by atoms with Gasteiger partial charge in [0.2, 0.25) is 0 Å². The minimum Gasteiger partial charge on any atom is -0.488 e. The van der Waals surface area contributed by atoms with Crippen molar-refractivity contribution in [1.82, 2.24) is 0 Å². The Morgan fingerprint density at radius 3 is 2.40 bits per heavy atom. The number of nitrogens with two attached hydrogens (primary N) is 1.